The molecular formula is C17H18INO2. The predicted octanol–water partition coefficient (Wildman–Crippen LogP) is 3.80. The predicted molar refractivity (Wildman–Crippen MR) is 92.8 cm³/mol. The van der Waals surface area contributed by atoms with Gasteiger partial charge in [0.1, 0.15) is 12.4 Å². The fourth-order valence-electron chi connectivity index (χ4n) is 1.84. The summed E-state index contributed by atoms with van der Waals surface area (Å²) in [6.07, 6.45) is 0. The lowest BCUT2D eigenvalue weighted by Gasteiger charge is -2.15. The molecule has 0 aliphatic carbocycles. The minimum Gasteiger partial charge on any atom is -0.491 e. The van der Waals surface area contributed by atoms with Gasteiger partial charge in [-0.3, -0.25) is 4.79 Å². The van der Waals surface area contributed by atoms with E-state index in [4.69, 9.17) is 4.74 Å². The van der Waals surface area contributed by atoms with Gasteiger partial charge in [-0.1, -0.05) is 29.8 Å². The van der Waals surface area contributed by atoms with E-state index in [9.17, 15) is 4.79 Å². The van der Waals surface area contributed by atoms with Gasteiger partial charge in [0, 0.05) is 3.57 Å². The van der Waals surface area contributed by atoms with Crippen LogP contribution in [-0.2, 0) is 0 Å². The molecule has 2 rings (SSSR count). The molecule has 0 radical (unpaired) electrons. The van der Waals surface area contributed by atoms with Crippen LogP contribution in [-0.4, -0.2) is 18.6 Å². The van der Waals surface area contributed by atoms with Crippen molar-refractivity contribution in [1.82, 2.24) is 5.32 Å². The van der Waals surface area contributed by atoms with E-state index in [0.29, 0.717) is 12.2 Å². The van der Waals surface area contributed by atoms with E-state index in [1.165, 1.54) is 5.56 Å². The Labute approximate surface area is 138 Å². The molecule has 0 fully saturated rings. The van der Waals surface area contributed by atoms with Crippen LogP contribution in [0.1, 0.15) is 22.8 Å². The summed E-state index contributed by atoms with van der Waals surface area (Å²) in [7, 11) is 0. The van der Waals surface area contributed by atoms with Crippen molar-refractivity contribution in [2.24, 2.45) is 0 Å². The Morgan fingerprint density at radius 3 is 2.52 bits per heavy atom. The van der Waals surface area contributed by atoms with Gasteiger partial charge in [0.25, 0.3) is 5.91 Å². The van der Waals surface area contributed by atoms with Crippen molar-refractivity contribution < 1.29 is 9.53 Å². The number of benzene rings is 2. The second-order valence-corrected chi connectivity index (χ2v) is 6.14. The largest absolute Gasteiger partial charge is 0.491 e. The summed E-state index contributed by atoms with van der Waals surface area (Å²) in [6, 6.07) is 15.3. The Balaban J connectivity index is 1.87. The molecule has 0 saturated carbocycles. The second-order valence-electron chi connectivity index (χ2n) is 4.98. The van der Waals surface area contributed by atoms with Gasteiger partial charge in [0.05, 0.1) is 11.6 Å². The molecule has 0 aromatic heterocycles. The van der Waals surface area contributed by atoms with Crippen molar-refractivity contribution in [3.8, 4) is 5.75 Å². The lowest BCUT2D eigenvalue weighted by molar-refractivity contribution is 0.0926. The molecule has 0 heterocycles. The van der Waals surface area contributed by atoms with Crippen molar-refractivity contribution in [3.05, 3.63) is 63.2 Å². The number of aryl methyl sites for hydroxylation is 1. The van der Waals surface area contributed by atoms with Crippen LogP contribution in [0, 0.1) is 10.5 Å². The molecule has 0 unspecified atom stereocenters. The van der Waals surface area contributed by atoms with E-state index in [1.54, 1.807) is 0 Å². The summed E-state index contributed by atoms with van der Waals surface area (Å²) in [5.74, 6) is 0.746. The van der Waals surface area contributed by atoms with Crippen LogP contribution in [0.5, 0.6) is 5.75 Å². The highest BCUT2D eigenvalue weighted by Gasteiger charge is 2.12. The molecule has 0 aliphatic heterocycles. The Hall–Kier alpha value is -1.56. The van der Waals surface area contributed by atoms with E-state index in [-0.39, 0.29) is 11.9 Å². The summed E-state index contributed by atoms with van der Waals surface area (Å²) >= 11 is 2.16. The molecule has 21 heavy (non-hydrogen) atoms. The SMILES string of the molecule is Cc1ccc(OC[C@H](C)NC(=O)c2ccccc2I)cc1. The van der Waals surface area contributed by atoms with Crippen LogP contribution in [0.4, 0.5) is 0 Å². The first-order valence-electron chi connectivity index (χ1n) is 6.81. The number of hydrogen-bond acceptors (Lipinski definition) is 2. The van der Waals surface area contributed by atoms with Gasteiger partial charge >= 0.3 is 0 Å². The minimum atomic E-state index is -0.0694. The number of amides is 1. The van der Waals surface area contributed by atoms with Gasteiger partial charge in [-0.05, 0) is 60.7 Å². The van der Waals surface area contributed by atoms with Crippen molar-refractivity contribution >= 4 is 28.5 Å². The molecule has 1 amide bonds. The van der Waals surface area contributed by atoms with Gasteiger partial charge in [0.2, 0.25) is 0 Å². The topological polar surface area (TPSA) is 38.3 Å². The van der Waals surface area contributed by atoms with E-state index in [1.807, 2.05) is 62.4 Å². The fraction of sp³-hybridized carbons (Fsp3) is 0.235. The average Bonchev–Trinajstić information content (AvgIpc) is 2.47. The third-order valence-corrected chi connectivity index (χ3v) is 3.96. The number of halogens is 1. The quantitative estimate of drug-likeness (QED) is 0.783. The normalized spacial score (nSPS) is 11.8. The Bertz CT molecular complexity index is 610. The third kappa shape index (κ3) is 4.74. The zero-order chi connectivity index (χ0) is 15.2. The Morgan fingerprint density at radius 2 is 1.86 bits per heavy atom. The standard InChI is InChI=1S/C17H18INO2/c1-12-7-9-14(10-8-12)21-11-13(2)19-17(20)15-5-3-4-6-16(15)18/h3-10,13H,11H2,1-2H3,(H,19,20)/t13-/m0/s1. The average molecular weight is 395 g/mol. The number of hydrogen-bond donors (Lipinski definition) is 1. The van der Waals surface area contributed by atoms with Crippen molar-refractivity contribution in [2.45, 2.75) is 19.9 Å². The van der Waals surface area contributed by atoms with Crippen LogP contribution in [0.3, 0.4) is 0 Å². The van der Waals surface area contributed by atoms with Gasteiger partial charge in [-0.2, -0.15) is 0 Å². The highest BCUT2D eigenvalue weighted by atomic mass is 127. The van der Waals surface area contributed by atoms with Crippen LogP contribution in [0.25, 0.3) is 0 Å². The van der Waals surface area contributed by atoms with Gasteiger partial charge in [-0.25, -0.2) is 0 Å². The maximum Gasteiger partial charge on any atom is 0.252 e. The van der Waals surface area contributed by atoms with Crippen LogP contribution in [0.2, 0.25) is 0 Å². The molecule has 1 atom stereocenters. The first-order valence-corrected chi connectivity index (χ1v) is 7.89. The van der Waals surface area contributed by atoms with Crippen molar-refractivity contribution in [2.75, 3.05) is 6.61 Å². The molecule has 0 bridgehead atoms. The molecule has 0 aliphatic rings. The van der Waals surface area contributed by atoms with E-state index >= 15 is 0 Å². The molecule has 0 spiro atoms. The molecule has 0 saturated heterocycles. The second kappa shape index (κ2) is 7.45. The number of carbonyl (C=O) groups is 1. The fourth-order valence-corrected chi connectivity index (χ4v) is 2.48. The summed E-state index contributed by atoms with van der Waals surface area (Å²) in [5, 5.41) is 2.95. The van der Waals surface area contributed by atoms with Crippen LogP contribution < -0.4 is 10.1 Å². The summed E-state index contributed by atoms with van der Waals surface area (Å²) < 4.78 is 6.62. The van der Waals surface area contributed by atoms with Crippen molar-refractivity contribution in [1.29, 1.82) is 0 Å². The Kier molecular flexibility index (Phi) is 5.61. The van der Waals surface area contributed by atoms with Crippen molar-refractivity contribution in [3.63, 3.8) is 0 Å². The molecule has 110 valence electrons. The number of rotatable bonds is 5. The first kappa shape index (κ1) is 15.8. The summed E-state index contributed by atoms with van der Waals surface area (Å²) in [5.41, 5.74) is 1.89. The zero-order valence-electron chi connectivity index (χ0n) is 12.1. The molecular weight excluding hydrogens is 377 g/mol. The number of nitrogens with one attached hydrogen (secondary N) is 1. The van der Waals surface area contributed by atoms with E-state index in [0.717, 1.165) is 9.32 Å². The lowest BCUT2D eigenvalue weighted by atomic mass is 10.2. The maximum absolute atomic E-state index is 12.2. The van der Waals surface area contributed by atoms with Crippen LogP contribution >= 0.6 is 22.6 Å². The lowest BCUT2D eigenvalue weighted by Crippen LogP contribution is -2.37. The zero-order valence-corrected chi connectivity index (χ0v) is 14.3. The van der Waals surface area contributed by atoms with Gasteiger partial charge < -0.3 is 10.1 Å². The van der Waals surface area contributed by atoms with Gasteiger partial charge in [-0.15, -0.1) is 0 Å². The molecule has 1 N–H and O–H groups in total. The number of carbonyl (C=O) groups excluding carboxylic acids is 1. The smallest absolute Gasteiger partial charge is 0.252 e. The third-order valence-electron chi connectivity index (χ3n) is 3.02. The van der Waals surface area contributed by atoms with Gasteiger partial charge in [0.15, 0.2) is 0 Å². The Morgan fingerprint density at radius 1 is 1.19 bits per heavy atom. The van der Waals surface area contributed by atoms with E-state index in [2.05, 4.69) is 27.9 Å². The summed E-state index contributed by atoms with van der Waals surface area (Å²) in [4.78, 5) is 12.2. The molecule has 2 aromatic rings. The minimum absolute atomic E-state index is 0.0604. The van der Waals surface area contributed by atoms with Crippen LogP contribution in [0.15, 0.2) is 48.5 Å². The highest BCUT2D eigenvalue weighted by Crippen LogP contribution is 2.13. The first-order chi connectivity index (χ1) is 10.1. The molecule has 2 aromatic carbocycles. The van der Waals surface area contributed by atoms with E-state index < -0.39 is 0 Å². The molecule has 4 heteroatoms. The summed E-state index contributed by atoms with van der Waals surface area (Å²) in [6.45, 7) is 4.41. The monoisotopic (exact) mass is 395 g/mol. The highest BCUT2D eigenvalue weighted by molar-refractivity contribution is 14.1. The molecule has 3 nitrogen and oxygen atoms in total. The maximum atomic E-state index is 12.2. The number of ether oxygens (including phenoxy) is 1.